The van der Waals surface area contributed by atoms with Crippen LogP contribution in [0.25, 0.3) is 0 Å². The van der Waals surface area contributed by atoms with Crippen LogP contribution in [0.15, 0.2) is 24.3 Å². The Bertz CT molecular complexity index is 478. The van der Waals surface area contributed by atoms with Crippen molar-refractivity contribution in [1.82, 2.24) is 10.2 Å². The lowest BCUT2D eigenvalue weighted by molar-refractivity contribution is -0.127. The Morgan fingerprint density at radius 2 is 2.29 bits per heavy atom. The molecule has 2 N–H and O–H groups in total. The van der Waals surface area contributed by atoms with Crippen LogP contribution in [0.2, 0.25) is 0 Å². The number of amides is 1. The van der Waals surface area contributed by atoms with Crippen molar-refractivity contribution in [2.75, 3.05) is 20.2 Å². The number of para-hydroxylation sites is 1. The number of carbonyl (C=O) groups is 1. The van der Waals surface area contributed by atoms with Crippen molar-refractivity contribution in [2.45, 2.75) is 38.5 Å². The van der Waals surface area contributed by atoms with Gasteiger partial charge in [-0.25, -0.2) is 0 Å². The lowest BCUT2D eigenvalue weighted by Crippen LogP contribution is -2.50. The number of rotatable bonds is 5. The summed E-state index contributed by atoms with van der Waals surface area (Å²) in [6, 6.07) is 7.42. The quantitative estimate of drug-likeness (QED) is 0.855. The summed E-state index contributed by atoms with van der Waals surface area (Å²) in [6.45, 7) is 3.77. The third kappa shape index (κ3) is 4.19. The first-order valence-corrected chi connectivity index (χ1v) is 7.43. The molecule has 0 spiro atoms. The van der Waals surface area contributed by atoms with Crippen molar-refractivity contribution < 1.29 is 14.6 Å². The topological polar surface area (TPSA) is 61.8 Å². The highest BCUT2D eigenvalue weighted by Gasteiger charge is 2.26. The van der Waals surface area contributed by atoms with Crippen LogP contribution in [0.4, 0.5) is 0 Å². The maximum absolute atomic E-state index is 12.2. The average Bonchev–Trinajstić information content (AvgIpc) is 2.52. The summed E-state index contributed by atoms with van der Waals surface area (Å²) in [7, 11) is 1.62. The highest BCUT2D eigenvalue weighted by molar-refractivity contribution is 5.81. The van der Waals surface area contributed by atoms with Crippen LogP contribution in [0.5, 0.6) is 5.75 Å². The Hall–Kier alpha value is -1.59. The number of aliphatic hydroxyl groups excluding tert-OH is 1. The summed E-state index contributed by atoms with van der Waals surface area (Å²) in [5.41, 5.74) is 0.958. The number of piperidine rings is 1. The van der Waals surface area contributed by atoms with Gasteiger partial charge in [0.25, 0.3) is 0 Å². The van der Waals surface area contributed by atoms with Gasteiger partial charge in [0.2, 0.25) is 5.91 Å². The molecule has 2 unspecified atom stereocenters. The number of methoxy groups -OCH3 is 1. The molecule has 0 saturated carbocycles. The van der Waals surface area contributed by atoms with Gasteiger partial charge < -0.3 is 15.2 Å². The van der Waals surface area contributed by atoms with E-state index in [0.29, 0.717) is 13.1 Å². The fraction of sp³-hybridized carbons (Fsp3) is 0.562. The molecule has 5 nitrogen and oxygen atoms in total. The zero-order valence-corrected chi connectivity index (χ0v) is 12.7. The molecule has 1 saturated heterocycles. The average molecular weight is 292 g/mol. The van der Waals surface area contributed by atoms with Crippen molar-refractivity contribution in [3.05, 3.63) is 29.8 Å². The first-order valence-electron chi connectivity index (χ1n) is 7.43. The molecule has 1 aliphatic rings. The summed E-state index contributed by atoms with van der Waals surface area (Å²) in [6.07, 6.45) is 1.44. The number of likely N-dealkylation sites (tertiary alicyclic amines) is 1. The Morgan fingerprint density at radius 3 is 3.00 bits per heavy atom. The van der Waals surface area contributed by atoms with E-state index in [1.54, 1.807) is 7.11 Å². The summed E-state index contributed by atoms with van der Waals surface area (Å²) in [4.78, 5) is 14.3. The van der Waals surface area contributed by atoms with Gasteiger partial charge in [0.05, 0.1) is 19.3 Å². The minimum Gasteiger partial charge on any atom is -0.496 e. The highest BCUT2D eigenvalue weighted by Crippen LogP contribution is 2.17. The molecule has 1 amide bonds. The number of nitrogens with one attached hydrogen (secondary N) is 1. The molecule has 0 aromatic heterocycles. The monoisotopic (exact) mass is 292 g/mol. The summed E-state index contributed by atoms with van der Waals surface area (Å²) < 4.78 is 5.27. The van der Waals surface area contributed by atoms with E-state index >= 15 is 0 Å². The number of hydrogen-bond donors (Lipinski definition) is 2. The first kappa shape index (κ1) is 15.8. The second kappa shape index (κ2) is 7.43. The molecular weight excluding hydrogens is 268 g/mol. The van der Waals surface area contributed by atoms with E-state index in [2.05, 4.69) is 5.32 Å². The molecule has 1 heterocycles. The van der Waals surface area contributed by atoms with Gasteiger partial charge in [-0.3, -0.25) is 9.69 Å². The SMILES string of the molecule is COc1ccccc1CNC(=O)C(C)N1CCCC(O)C1. The van der Waals surface area contributed by atoms with E-state index < -0.39 is 0 Å². The van der Waals surface area contributed by atoms with E-state index in [0.717, 1.165) is 30.7 Å². The van der Waals surface area contributed by atoms with Crippen LogP contribution < -0.4 is 10.1 Å². The van der Waals surface area contributed by atoms with Crippen LogP contribution in [0, 0.1) is 0 Å². The molecule has 1 aliphatic heterocycles. The number of nitrogens with zero attached hydrogens (tertiary/aromatic N) is 1. The highest BCUT2D eigenvalue weighted by atomic mass is 16.5. The molecule has 0 bridgehead atoms. The van der Waals surface area contributed by atoms with Gasteiger partial charge in [0.15, 0.2) is 0 Å². The Labute approximate surface area is 125 Å². The number of aliphatic hydroxyl groups is 1. The van der Waals surface area contributed by atoms with Crippen molar-refractivity contribution >= 4 is 5.91 Å². The van der Waals surface area contributed by atoms with Crippen LogP contribution >= 0.6 is 0 Å². The van der Waals surface area contributed by atoms with Crippen molar-refractivity contribution in [2.24, 2.45) is 0 Å². The van der Waals surface area contributed by atoms with Gasteiger partial charge in [0.1, 0.15) is 5.75 Å². The van der Waals surface area contributed by atoms with Crippen molar-refractivity contribution in [1.29, 1.82) is 0 Å². The third-order valence-electron chi connectivity index (χ3n) is 4.00. The Balaban J connectivity index is 1.89. The number of β-amino-alcohol motifs (C(OH)–C–C–N with tert-alkyl or cyclic N) is 1. The van der Waals surface area contributed by atoms with Gasteiger partial charge in [-0.1, -0.05) is 18.2 Å². The standard InChI is InChI=1S/C16H24N2O3/c1-12(18-9-5-7-14(19)11-18)16(20)17-10-13-6-3-4-8-15(13)21-2/h3-4,6,8,12,14,19H,5,7,9-11H2,1-2H3,(H,17,20). The molecule has 0 radical (unpaired) electrons. The second-order valence-electron chi connectivity index (χ2n) is 5.50. The maximum atomic E-state index is 12.2. The molecule has 2 rings (SSSR count). The predicted octanol–water partition coefficient (Wildman–Crippen LogP) is 1.16. The van der Waals surface area contributed by atoms with Crippen molar-refractivity contribution in [3.63, 3.8) is 0 Å². The fourth-order valence-corrected chi connectivity index (χ4v) is 2.68. The molecule has 0 aliphatic carbocycles. The van der Waals surface area contributed by atoms with Crippen LogP contribution in [-0.4, -0.2) is 48.3 Å². The van der Waals surface area contributed by atoms with Crippen LogP contribution in [0.1, 0.15) is 25.3 Å². The van der Waals surface area contributed by atoms with E-state index in [-0.39, 0.29) is 18.1 Å². The van der Waals surface area contributed by atoms with Crippen LogP contribution in [-0.2, 0) is 11.3 Å². The molecule has 1 aromatic rings. The van der Waals surface area contributed by atoms with E-state index in [9.17, 15) is 9.90 Å². The zero-order valence-electron chi connectivity index (χ0n) is 12.7. The molecule has 116 valence electrons. The number of hydrogen-bond acceptors (Lipinski definition) is 4. The van der Waals surface area contributed by atoms with Gasteiger partial charge in [-0.15, -0.1) is 0 Å². The van der Waals surface area contributed by atoms with Gasteiger partial charge in [0, 0.05) is 18.7 Å². The number of carbonyl (C=O) groups excluding carboxylic acids is 1. The van der Waals surface area contributed by atoms with E-state index in [1.165, 1.54) is 0 Å². The summed E-state index contributed by atoms with van der Waals surface area (Å²) in [5, 5.41) is 12.6. The largest absolute Gasteiger partial charge is 0.496 e. The summed E-state index contributed by atoms with van der Waals surface area (Å²) >= 11 is 0. The maximum Gasteiger partial charge on any atom is 0.237 e. The fourth-order valence-electron chi connectivity index (χ4n) is 2.68. The number of benzene rings is 1. The lowest BCUT2D eigenvalue weighted by Gasteiger charge is -2.34. The Kier molecular flexibility index (Phi) is 5.59. The van der Waals surface area contributed by atoms with E-state index in [1.807, 2.05) is 36.1 Å². The van der Waals surface area contributed by atoms with Gasteiger partial charge in [-0.05, 0) is 32.4 Å². The van der Waals surface area contributed by atoms with Gasteiger partial charge in [-0.2, -0.15) is 0 Å². The van der Waals surface area contributed by atoms with Crippen LogP contribution in [0.3, 0.4) is 0 Å². The Morgan fingerprint density at radius 1 is 1.52 bits per heavy atom. The van der Waals surface area contributed by atoms with Gasteiger partial charge >= 0.3 is 0 Å². The van der Waals surface area contributed by atoms with E-state index in [4.69, 9.17) is 4.74 Å². The predicted molar refractivity (Wildman–Crippen MR) is 81.1 cm³/mol. The molecule has 5 heteroatoms. The minimum atomic E-state index is -0.316. The minimum absolute atomic E-state index is 0.0185. The first-order chi connectivity index (χ1) is 10.1. The normalized spacial score (nSPS) is 20.8. The summed E-state index contributed by atoms with van der Waals surface area (Å²) in [5.74, 6) is 0.758. The third-order valence-corrected chi connectivity index (χ3v) is 4.00. The lowest BCUT2D eigenvalue weighted by atomic mass is 10.1. The number of ether oxygens (including phenoxy) is 1. The van der Waals surface area contributed by atoms with Crippen molar-refractivity contribution in [3.8, 4) is 5.75 Å². The molecular formula is C16H24N2O3. The zero-order chi connectivity index (χ0) is 15.2. The molecule has 1 aromatic carbocycles. The second-order valence-corrected chi connectivity index (χ2v) is 5.50. The smallest absolute Gasteiger partial charge is 0.237 e. The molecule has 1 fully saturated rings. The molecule has 2 atom stereocenters. The molecule has 21 heavy (non-hydrogen) atoms.